The third-order valence-corrected chi connectivity index (χ3v) is 3.07. The Morgan fingerprint density at radius 2 is 2.40 bits per heavy atom. The van der Waals surface area contributed by atoms with E-state index in [0.29, 0.717) is 12.1 Å². The van der Waals surface area contributed by atoms with Crippen LogP contribution >= 0.6 is 0 Å². The molecule has 1 saturated carbocycles. The smallest absolute Gasteiger partial charge is 0.0853 e. The summed E-state index contributed by atoms with van der Waals surface area (Å²) in [7, 11) is 1.96. The van der Waals surface area contributed by atoms with Crippen molar-refractivity contribution in [1.82, 2.24) is 9.78 Å². The average molecular weight is 208 g/mol. The van der Waals surface area contributed by atoms with Gasteiger partial charge in [0, 0.05) is 25.3 Å². The molecule has 2 rings (SSSR count). The van der Waals surface area contributed by atoms with E-state index in [2.05, 4.69) is 23.5 Å². The summed E-state index contributed by atoms with van der Waals surface area (Å²) in [4.78, 5) is 0. The molecular formula is C11H20N4. The quantitative estimate of drug-likeness (QED) is 0.786. The minimum Gasteiger partial charge on any atom is -0.379 e. The minimum atomic E-state index is 0.379. The Bertz CT molecular complexity index is 331. The standard InChI is InChI=1S/C11H20N4/c1-3-10-11(7-15(2)14-10)13-9-5-4-8(12)6-9/h7-9,13H,3-6,12H2,1-2H3. The Morgan fingerprint density at radius 3 is 3.00 bits per heavy atom. The Labute approximate surface area is 90.8 Å². The van der Waals surface area contributed by atoms with Crippen molar-refractivity contribution in [2.75, 3.05) is 5.32 Å². The molecule has 0 aliphatic heterocycles. The van der Waals surface area contributed by atoms with Gasteiger partial charge in [-0.2, -0.15) is 5.10 Å². The summed E-state index contributed by atoms with van der Waals surface area (Å²) in [5.74, 6) is 0. The van der Waals surface area contributed by atoms with E-state index in [-0.39, 0.29) is 0 Å². The van der Waals surface area contributed by atoms with Gasteiger partial charge >= 0.3 is 0 Å². The van der Waals surface area contributed by atoms with Crippen molar-refractivity contribution >= 4 is 5.69 Å². The van der Waals surface area contributed by atoms with E-state index in [9.17, 15) is 0 Å². The van der Waals surface area contributed by atoms with Gasteiger partial charge in [-0.25, -0.2) is 0 Å². The molecule has 0 aromatic carbocycles. The number of anilines is 1. The fourth-order valence-corrected chi connectivity index (χ4v) is 2.28. The maximum absolute atomic E-state index is 5.89. The predicted molar refractivity (Wildman–Crippen MR) is 61.8 cm³/mol. The lowest BCUT2D eigenvalue weighted by Crippen LogP contribution is -2.21. The van der Waals surface area contributed by atoms with Gasteiger partial charge in [-0.3, -0.25) is 4.68 Å². The summed E-state index contributed by atoms with van der Waals surface area (Å²) >= 11 is 0. The number of aromatic nitrogens is 2. The van der Waals surface area contributed by atoms with Crippen LogP contribution in [-0.2, 0) is 13.5 Å². The van der Waals surface area contributed by atoms with Crippen LogP contribution in [-0.4, -0.2) is 21.9 Å². The summed E-state index contributed by atoms with van der Waals surface area (Å²) < 4.78 is 1.87. The summed E-state index contributed by atoms with van der Waals surface area (Å²) in [6.07, 6.45) is 6.43. The van der Waals surface area contributed by atoms with E-state index in [0.717, 1.165) is 25.0 Å². The molecule has 15 heavy (non-hydrogen) atoms. The van der Waals surface area contributed by atoms with Gasteiger partial charge in [0.1, 0.15) is 0 Å². The van der Waals surface area contributed by atoms with Crippen LogP contribution in [0.4, 0.5) is 5.69 Å². The molecule has 0 amide bonds. The summed E-state index contributed by atoms with van der Waals surface area (Å²) in [6.45, 7) is 2.13. The number of nitrogens with two attached hydrogens (primary N) is 1. The number of hydrogen-bond acceptors (Lipinski definition) is 3. The Kier molecular flexibility index (Phi) is 2.95. The zero-order valence-electron chi connectivity index (χ0n) is 9.53. The third kappa shape index (κ3) is 2.31. The topological polar surface area (TPSA) is 55.9 Å². The lowest BCUT2D eigenvalue weighted by molar-refractivity contribution is 0.687. The van der Waals surface area contributed by atoms with Gasteiger partial charge in [0.25, 0.3) is 0 Å². The SMILES string of the molecule is CCc1nn(C)cc1NC1CCC(N)C1. The highest BCUT2D eigenvalue weighted by Gasteiger charge is 2.22. The zero-order valence-corrected chi connectivity index (χ0v) is 9.53. The molecule has 1 aromatic heterocycles. The van der Waals surface area contributed by atoms with Gasteiger partial charge in [0.2, 0.25) is 0 Å². The van der Waals surface area contributed by atoms with E-state index in [1.807, 2.05) is 11.7 Å². The van der Waals surface area contributed by atoms with E-state index in [1.165, 1.54) is 12.1 Å². The molecule has 84 valence electrons. The van der Waals surface area contributed by atoms with Crippen molar-refractivity contribution in [3.05, 3.63) is 11.9 Å². The largest absolute Gasteiger partial charge is 0.379 e. The highest BCUT2D eigenvalue weighted by molar-refractivity contribution is 5.47. The van der Waals surface area contributed by atoms with Crippen molar-refractivity contribution in [3.63, 3.8) is 0 Å². The molecule has 1 aliphatic rings. The van der Waals surface area contributed by atoms with Crippen LogP contribution in [0.5, 0.6) is 0 Å². The van der Waals surface area contributed by atoms with Crippen molar-refractivity contribution in [3.8, 4) is 0 Å². The van der Waals surface area contributed by atoms with Crippen LogP contribution in [0.15, 0.2) is 6.20 Å². The van der Waals surface area contributed by atoms with Crippen LogP contribution < -0.4 is 11.1 Å². The average Bonchev–Trinajstić information content (AvgIpc) is 2.73. The fourth-order valence-electron chi connectivity index (χ4n) is 2.28. The van der Waals surface area contributed by atoms with Crippen molar-refractivity contribution < 1.29 is 0 Å². The first-order valence-corrected chi connectivity index (χ1v) is 5.73. The van der Waals surface area contributed by atoms with Gasteiger partial charge in [-0.15, -0.1) is 0 Å². The van der Waals surface area contributed by atoms with Gasteiger partial charge in [-0.1, -0.05) is 6.92 Å². The fraction of sp³-hybridized carbons (Fsp3) is 0.727. The highest BCUT2D eigenvalue weighted by atomic mass is 15.3. The number of aryl methyl sites for hydroxylation is 2. The minimum absolute atomic E-state index is 0.379. The van der Waals surface area contributed by atoms with E-state index in [1.54, 1.807) is 0 Å². The maximum atomic E-state index is 5.89. The molecule has 1 aromatic rings. The molecule has 1 fully saturated rings. The number of rotatable bonds is 3. The molecule has 0 saturated heterocycles. The van der Waals surface area contributed by atoms with E-state index >= 15 is 0 Å². The summed E-state index contributed by atoms with van der Waals surface area (Å²) in [5.41, 5.74) is 8.22. The van der Waals surface area contributed by atoms with Crippen LogP contribution in [0.25, 0.3) is 0 Å². The lowest BCUT2D eigenvalue weighted by Gasteiger charge is -2.12. The number of nitrogens with zero attached hydrogens (tertiary/aromatic N) is 2. The molecule has 4 nitrogen and oxygen atoms in total. The molecule has 4 heteroatoms. The second-order valence-corrected chi connectivity index (χ2v) is 4.43. The van der Waals surface area contributed by atoms with E-state index in [4.69, 9.17) is 5.73 Å². The van der Waals surface area contributed by atoms with Crippen molar-refractivity contribution in [1.29, 1.82) is 0 Å². The lowest BCUT2D eigenvalue weighted by atomic mass is 10.2. The second kappa shape index (κ2) is 4.23. The third-order valence-electron chi connectivity index (χ3n) is 3.07. The molecule has 2 atom stereocenters. The molecule has 0 bridgehead atoms. The monoisotopic (exact) mass is 208 g/mol. The van der Waals surface area contributed by atoms with E-state index < -0.39 is 0 Å². The number of nitrogens with one attached hydrogen (secondary N) is 1. The molecule has 2 unspecified atom stereocenters. The first-order chi connectivity index (χ1) is 7.19. The van der Waals surface area contributed by atoms with Crippen molar-refractivity contribution in [2.24, 2.45) is 12.8 Å². The second-order valence-electron chi connectivity index (χ2n) is 4.43. The Morgan fingerprint density at radius 1 is 1.60 bits per heavy atom. The van der Waals surface area contributed by atoms with Gasteiger partial charge in [-0.05, 0) is 25.7 Å². The van der Waals surface area contributed by atoms with Gasteiger partial charge in [0.15, 0.2) is 0 Å². The van der Waals surface area contributed by atoms with Crippen molar-refractivity contribution in [2.45, 2.75) is 44.7 Å². The van der Waals surface area contributed by atoms with Crippen LogP contribution in [0, 0.1) is 0 Å². The van der Waals surface area contributed by atoms with Gasteiger partial charge < -0.3 is 11.1 Å². The molecule has 1 aliphatic carbocycles. The molecule has 3 N–H and O–H groups in total. The highest BCUT2D eigenvalue weighted by Crippen LogP contribution is 2.23. The zero-order chi connectivity index (χ0) is 10.8. The summed E-state index contributed by atoms with van der Waals surface area (Å²) in [6, 6.07) is 0.916. The number of hydrogen-bond donors (Lipinski definition) is 2. The molecular weight excluding hydrogens is 188 g/mol. The maximum Gasteiger partial charge on any atom is 0.0853 e. The Hall–Kier alpha value is -1.03. The predicted octanol–water partition coefficient (Wildman–Crippen LogP) is 1.27. The van der Waals surface area contributed by atoms with Crippen LogP contribution in [0.2, 0.25) is 0 Å². The first kappa shape index (κ1) is 10.5. The van der Waals surface area contributed by atoms with Crippen LogP contribution in [0.3, 0.4) is 0 Å². The molecule has 0 radical (unpaired) electrons. The van der Waals surface area contributed by atoms with Crippen LogP contribution in [0.1, 0.15) is 31.9 Å². The normalized spacial score (nSPS) is 25.8. The Balaban J connectivity index is 2.03. The molecule has 0 spiro atoms. The molecule has 1 heterocycles. The first-order valence-electron chi connectivity index (χ1n) is 5.73. The summed E-state index contributed by atoms with van der Waals surface area (Å²) in [5, 5.41) is 7.96. The van der Waals surface area contributed by atoms with Gasteiger partial charge in [0.05, 0.1) is 11.4 Å².